The third-order valence-corrected chi connectivity index (χ3v) is 4.49. The Morgan fingerprint density at radius 3 is 2.76 bits per heavy atom. The average molecular weight is 311 g/mol. The highest BCUT2D eigenvalue weighted by atomic mass is 32.2. The summed E-state index contributed by atoms with van der Waals surface area (Å²) in [6.45, 7) is 3.71. The van der Waals surface area contributed by atoms with E-state index in [9.17, 15) is 13.2 Å². The zero-order chi connectivity index (χ0) is 15.9. The molecule has 0 bridgehead atoms. The molecule has 5 nitrogen and oxygen atoms in total. The number of carboxylic acid groups (broad SMARTS) is 1. The fourth-order valence-corrected chi connectivity index (χ4v) is 3.29. The minimum atomic E-state index is -3.29. The summed E-state index contributed by atoms with van der Waals surface area (Å²) in [4.78, 5) is 10.5. The van der Waals surface area contributed by atoms with Crippen molar-refractivity contribution >= 4 is 22.1 Å². The number of hydrogen-bond acceptors (Lipinski definition) is 3. The third-order valence-electron chi connectivity index (χ3n) is 2.95. The highest BCUT2D eigenvalue weighted by Gasteiger charge is 2.15. The second-order valence-electron chi connectivity index (χ2n) is 4.85. The van der Waals surface area contributed by atoms with Gasteiger partial charge in [0.05, 0.1) is 5.75 Å². The van der Waals surface area contributed by atoms with Crippen molar-refractivity contribution in [2.75, 3.05) is 5.75 Å². The van der Waals surface area contributed by atoms with Gasteiger partial charge in [-0.2, -0.15) is 0 Å². The molecule has 0 heterocycles. The van der Waals surface area contributed by atoms with E-state index in [4.69, 9.17) is 5.11 Å². The Morgan fingerprint density at radius 1 is 1.43 bits per heavy atom. The number of nitrogens with one attached hydrogen (secondary N) is 1. The lowest BCUT2D eigenvalue weighted by Crippen LogP contribution is -2.29. The first-order valence-electron chi connectivity index (χ1n) is 6.85. The van der Waals surface area contributed by atoms with Crippen LogP contribution in [0.1, 0.15) is 43.9 Å². The molecular formula is C15H21NO4S. The zero-order valence-corrected chi connectivity index (χ0v) is 13.1. The van der Waals surface area contributed by atoms with Gasteiger partial charge in [-0.05, 0) is 30.5 Å². The van der Waals surface area contributed by atoms with Gasteiger partial charge in [0.25, 0.3) is 0 Å². The van der Waals surface area contributed by atoms with Gasteiger partial charge in [0.1, 0.15) is 0 Å². The molecule has 0 aromatic heterocycles. The lowest BCUT2D eigenvalue weighted by molar-refractivity contribution is -0.131. The molecular weight excluding hydrogens is 290 g/mol. The largest absolute Gasteiger partial charge is 0.478 e. The van der Waals surface area contributed by atoms with Crippen LogP contribution in [0.5, 0.6) is 0 Å². The number of hydrogen-bond donors (Lipinski definition) is 2. The van der Waals surface area contributed by atoms with Crippen LogP contribution < -0.4 is 4.72 Å². The SMILES string of the molecule is CCCCS(=O)(=O)NC(C)c1cccc(C=CC(=O)O)c1. The number of benzene rings is 1. The fourth-order valence-electron chi connectivity index (χ4n) is 1.83. The summed E-state index contributed by atoms with van der Waals surface area (Å²) in [5, 5.41) is 8.61. The van der Waals surface area contributed by atoms with Gasteiger partial charge in [-0.15, -0.1) is 0 Å². The van der Waals surface area contributed by atoms with E-state index in [1.807, 2.05) is 13.0 Å². The molecule has 0 spiro atoms. The van der Waals surface area contributed by atoms with Crippen LogP contribution >= 0.6 is 0 Å². The molecule has 6 heteroatoms. The Kier molecular flexibility index (Phi) is 6.58. The number of rotatable bonds is 8. The van der Waals surface area contributed by atoms with E-state index in [0.29, 0.717) is 6.42 Å². The minimum absolute atomic E-state index is 0.118. The van der Waals surface area contributed by atoms with Crippen molar-refractivity contribution in [3.05, 3.63) is 41.5 Å². The molecule has 21 heavy (non-hydrogen) atoms. The monoisotopic (exact) mass is 311 g/mol. The molecule has 1 aromatic rings. The van der Waals surface area contributed by atoms with Crippen LogP contribution in [0.2, 0.25) is 0 Å². The van der Waals surface area contributed by atoms with Crippen LogP contribution in [-0.2, 0) is 14.8 Å². The Morgan fingerprint density at radius 2 is 2.14 bits per heavy atom. The van der Waals surface area contributed by atoms with E-state index in [1.54, 1.807) is 25.1 Å². The first-order chi connectivity index (χ1) is 9.84. The average Bonchev–Trinajstić information content (AvgIpc) is 2.43. The van der Waals surface area contributed by atoms with Crippen molar-refractivity contribution < 1.29 is 18.3 Å². The van der Waals surface area contributed by atoms with E-state index in [1.165, 1.54) is 6.08 Å². The maximum Gasteiger partial charge on any atom is 0.328 e. The van der Waals surface area contributed by atoms with Crippen molar-refractivity contribution in [2.45, 2.75) is 32.7 Å². The van der Waals surface area contributed by atoms with Gasteiger partial charge in [-0.3, -0.25) is 0 Å². The lowest BCUT2D eigenvalue weighted by Gasteiger charge is -2.15. The molecule has 0 aliphatic carbocycles. The maximum atomic E-state index is 11.9. The van der Waals surface area contributed by atoms with Crippen molar-refractivity contribution in [3.63, 3.8) is 0 Å². The summed E-state index contributed by atoms with van der Waals surface area (Å²) < 4.78 is 26.4. The van der Waals surface area contributed by atoms with Crippen molar-refractivity contribution in [2.24, 2.45) is 0 Å². The predicted octanol–water partition coefficient (Wildman–Crippen LogP) is 2.56. The number of sulfonamides is 1. The summed E-state index contributed by atoms with van der Waals surface area (Å²) >= 11 is 0. The van der Waals surface area contributed by atoms with Gasteiger partial charge >= 0.3 is 5.97 Å². The molecule has 0 amide bonds. The van der Waals surface area contributed by atoms with Crippen LogP contribution in [0.3, 0.4) is 0 Å². The predicted molar refractivity (Wildman–Crippen MR) is 83.4 cm³/mol. The van der Waals surface area contributed by atoms with Gasteiger partial charge in [0, 0.05) is 12.1 Å². The standard InChI is InChI=1S/C15H21NO4S/c1-3-4-10-21(19,20)16-12(2)14-7-5-6-13(11-14)8-9-15(17)18/h5-9,11-12,16H,3-4,10H2,1-2H3,(H,17,18). The zero-order valence-electron chi connectivity index (χ0n) is 12.2. The Bertz CT molecular complexity index is 608. The highest BCUT2D eigenvalue weighted by molar-refractivity contribution is 7.89. The van der Waals surface area contributed by atoms with Crippen molar-refractivity contribution in [3.8, 4) is 0 Å². The van der Waals surface area contributed by atoms with E-state index >= 15 is 0 Å². The second kappa shape index (κ2) is 7.95. The molecule has 0 aliphatic heterocycles. The molecule has 0 saturated heterocycles. The summed E-state index contributed by atoms with van der Waals surface area (Å²) in [7, 11) is -3.29. The summed E-state index contributed by atoms with van der Waals surface area (Å²) in [6.07, 6.45) is 3.98. The molecule has 0 fully saturated rings. The number of unbranched alkanes of at least 4 members (excludes halogenated alkanes) is 1. The van der Waals surface area contributed by atoms with Crippen LogP contribution in [0.15, 0.2) is 30.3 Å². The molecule has 0 saturated carbocycles. The topological polar surface area (TPSA) is 83.5 Å². The van der Waals surface area contributed by atoms with E-state index < -0.39 is 16.0 Å². The summed E-state index contributed by atoms with van der Waals surface area (Å²) in [6, 6.07) is 6.76. The number of aliphatic carboxylic acids is 1. The number of carbonyl (C=O) groups is 1. The summed E-state index contributed by atoms with van der Waals surface area (Å²) in [5.41, 5.74) is 1.51. The van der Waals surface area contributed by atoms with E-state index in [0.717, 1.165) is 23.6 Å². The van der Waals surface area contributed by atoms with E-state index in [2.05, 4.69) is 4.72 Å². The molecule has 1 aromatic carbocycles. The van der Waals surface area contributed by atoms with Crippen LogP contribution in [0.25, 0.3) is 6.08 Å². The highest BCUT2D eigenvalue weighted by Crippen LogP contribution is 2.16. The molecule has 1 rings (SSSR count). The molecule has 2 N–H and O–H groups in total. The Hall–Kier alpha value is -1.66. The van der Waals surface area contributed by atoms with Gasteiger partial charge in [-0.25, -0.2) is 17.9 Å². The summed E-state index contributed by atoms with van der Waals surface area (Å²) in [5.74, 6) is -0.902. The van der Waals surface area contributed by atoms with Crippen LogP contribution in [0.4, 0.5) is 0 Å². The van der Waals surface area contributed by atoms with Gasteiger partial charge in [0.2, 0.25) is 10.0 Å². The first-order valence-corrected chi connectivity index (χ1v) is 8.50. The quantitative estimate of drug-likeness (QED) is 0.723. The Labute approximate surface area is 125 Å². The van der Waals surface area contributed by atoms with E-state index in [-0.39, 0.29) is 11.8 Å². The van der Waals surface area contributed by atoms with Gasteiger partial charge < -0.3 is 5.11 Å². The maximum absolute atomic E-state index is 11.9. The molecule has 0 radical (unpaired) electrons. The molecule has 0 aliphatic rings. The lowest BCUT2D eigenvalue weighted by atomic mass is 10.1. The molecule has 116 valence electrons. The Balaban J connectivity index is 2.81. The van der Waals surface area contributed by atoms with Crippen LogP contribution in [-0.4, -0.2) is 25.2 Å². The molecule has 1 atom stereocenters. The molecule has 1 unspecified atom stereocenters. The fraction of sp³-hybridized carbons (Fsp3) is 0.400. The van der Waals surface area contributed by atoms with Crippen LogP contribution in [0, 0.1) is 0 Å². The second-order valence-corrected chi connectivity index (χ2v) is 6.73. The van der Waals surface area contributed by atoms with Crippen molar-refractivity contribution in [1.29, 1.82) is 0 Å². The smallest absolute Gasteiger partial charge is 0.328 e. The van der Waals surface area contributed by atoms with Gasteiger partial charge in [-0.1, -0.05) is 37.6 Å². The minimum Gasteiger partial charge on any atom is -0.478 e. The normalized spacial score (nSPS) is 13.4. The first kappa shape index (κ1) is 17.4. The number of carboxylic acids is 1. The van der Waals surface area contributed by atoms with Crippen molar-refractivity contribution in [1.82, 2.24) is 4.72 Å². The third kappa shape index (κ3) is 6.55. The van der Waals surface area contributed by atoms with Gasteiger partial charge in [0.15, 0.2) is 0 Å².